The van der Waals surface area contributed by atoms with Gasteiger partial charge in [-0.05, 0) is 49.2 Å². The minimum atomic E-state index is -1.08. The van der Waals surface area contributed by atoms with E-state index in [4.69, 9.17) is 14.2 Å². The number of hydrogen-bond donors (Lipinski definition) is 1. The Morgan fingerprint density at radius 2 is 2.04 bits per heavy atom. The Kier molecular flexibility index (Phi) is 5.94. The molecule has 2 atom stereocenters. The van der Waals surface area contributed by atoms with Crippen LogP contribution in [0.4, 0.5) is 10.1 Å². The van der Waals surface area contributed by atoms with Crippen LogP contribution in [0.1, 0.15) is 36.1 Å². The van der Waals surface area contributed by atoms with Gasteiger partial charge in [-0.1, -0.05) is 12.1 Å². The Hall–Kier alpha value is -2.93. The molecule has 0 aromatic heterocycles. The lowest BCUT2D eigenvalue weighted by Crippen LogP contribution is -2.32. The summed E-state index contributed by atoms with van der Waals surface area (Å²) in [5.74, 6) is -0.833. The zero-order valence-electron chi connectivity index (χ0n) is 16.0. The molecule has 0 fully saturated rings. The van der Waals surface area contributed by atoms with Crippen LogP contribution in [0, 0.1) is 12.7 Å². The van der Waals surface area contributed by atoms with Gasteiger partial charge in [0.2, 0.25) is 0 Å². The highest BCUT2D eigenvalue weighted by Crippen LogP contribution is 2.39. The number of hydrogen-bond acceptors (Lipinski definition) is 5. The second-order valence-corrected chi connectivity index (χ2v) is 6.41. The van der Waals surface area contributed by atoms with E-state index in [1.165, 1.54) is 18.2 Å². The van der Waals surface area contributed by atoms with Crippen molar-refractivity contribution >= 4 is 17.6 Å². The minimum Gasteiger partial charge on any atom is -0.496 e. The number of carbonyl (C=O) groups excluding carboxylic acids is 2. The van der Waals surface area contributed by atoms with E-state index < -0.39 is 29.9 Å². The molecule has 1 heterocycles. The van der Waals surface area contributed by atoms with E-state index in [-0.39, 0.29) is 13.0 Å². The molecule has 0 saturated carbocycles. The van der Waals surface area contributed by atoms with Crippen molar-refractivity contribution in [3.8, 4) is 5.75 Å². The standard InChI is InChI=1S/C21H22FNO5/c1-4-27-19(24)11-18-21(25)23-16-9-8-13(22)10-15(16)20(28-18)14-6-5-7-17(26-3)12(14)2/h5-10,18,20H,4,11H2,1-3H3,(H,23,25)/t18-,20-/m1/s1. The van der Waals surface area contributed by atoms with Crippen molar-refractivity contribution in [1.82, 2.24) is 0 Å². The number of anilines is 1. The lowest BCUT2D eigenvalue weighted by Gasteiger charge is -2.23. The van der Waals surface area contributed by atoms with E-state index in [0.717, 1.165) is 11.1 Å². The summed E-state index contributed by atoms with van der Waals surface area (Å²) >= 11 is 0. The SMILES string of the molecule is CCOC(=O)C[C@H]1O[C@H](c2cccc(OC)c2C)c2cc(F)ccc2NC1=O. The molecule has 2 aromatic carbocycles. The van der Waals surface area contributed by atoms with Gasteiger partial charge in [0, 0.05) is 11.3 Å². The molecule has 0 aliphatic carbocycles. The summed E-state index contributed by atoms with van der Waals surface area (Å²) in [5, 5.41) is 2.73. The van der Waals surface area contributed by atoms with Crippen molar-refractivity contribution in [2.24, 2.45) is 0 Å². The van der Waals surface area contributed by atoms with E-state index in [1.807, 2.05) is 19.1 Å². The summed E-state index contributed by atoms with van der Waals surface area (Å²) in [6.07, 6.45) is -2.08. The van der Waals surface area contributed by atoms with E-state index >= 15 is 0 Å². The van der Waals surface area contributed by atoms with E-state index in [1.54, 1.807) is 20.1 Å². The summed E-state index contributed by atoms with van der Waals surface area (Å²) in [7, 11) is 1.56. The summed E-state index contributed by atoms with van der Waals surface area (Å²) in [6.45, 7) is 3.75. The molecule has 2 aromatic rings. The van der Waals surface area contributed by atoms with E-state index in [2.05, 4.69) is 5.32 Å². The number of ether oxygens (including phenoxy) is 3. The van der Waals surface area contributed by atoms with E-state index in [0.29, 0.717) is 17.0 Å². The first-order valence-electron chi connectivity index (χ1n) is 8.99. The van der Waals surface area contributed by atoms with Gasteiger partial charge in [0.05, 0.1) is 20.1 Å². The third kappa shape index (κ3) is 3.99. The molecule has 0 unspecified atom stereocenters. The quantitative estimate of drug-likeness (QED) is 0.795. The highest BCUT2D eigenvalue weighted by Gasteiger charge is 2.34. The summed E-state index contributed by atoms with van der Waals surface area (Å²) in [4.78, 5) is 24.6. The molecular weight excluding hydrogens is 365 g/mol. The van der Waals surface area contributed by atoms with Gasteiger partial charge >= 0.3 is 5.97 Å². The monoisotopic (exact) mass is 387 g/mol. The van der Waals surface area contributed by atoms with E-state index in [9.17, 15) is 14.0 Å². The van der Waals surface area contributed by atoms with Crippen molar-refractivity contribution in [1.29, 1.82) is 0 Å². The second-order valence-electron chi connectivity index (χ2n) is 6.41. The topological polar surface area (TPSA) is 73.9 Å². The second kappa shape index (κ2) is 8.39. The molecular formula is C21H22FNO5. The highest BCUT2D eigenvalue weighted by molar-refractivity contribution is 5.97. The van der Waals surface area contributed by atoms with Crippen LogP contribution in [-0.2, 0) is 19.1 Å². The minimum absolute atomic E-state index is 0.205. The van der Waals surface area contributed by atoms with Crippen molar-refractivity contribution in [3.05, 3.63) is 58.9 Å². The maximum atomic E-state index is 14.0. The van der Waals surface area contributed by atoms with Crippen LogP contribution in [-0.4, -0.2) is 31.7 Å². The molecule has 0 radical (unpaired) electrons. The first-order valence-corrected chi connectivity index (χ1v) is 8.99. The summed E-state index contributed by atoms with van der Waals surface area (Å²) < 4.78 is 30.4. The molecule has 1 amide bonds. The van der Waals surface area contributed by atoms with Crippen LogP contribution in [0.5, 0.6) is 5.75 Å². The molecule has 6 nitrogen and oxygen atoms in total. The fourth-order valence-corrected chi connectivity index (χ4v) is 3.27. The number of carbonyl (C=O) groups is 2. The molecule has 0 spiro atoms. The van der Waals surface area contributed by atoms with Gasteiger partial charge in [0.1, 0.15) is 23.8 Å². The zero-order chi connectivity index (χ0) is 20.3. The van der Waals surface area contributed by atoms with Gasteiger partial charge in [-0.25, -0.2) is 4.39 Å². The lowest BCUT2D eigenvalue weighted by molar-refractivity contribution is -0.150. The maximum Gasteiger partial charge on any atom is 0.308 e. The number of rotatable bonds is 5. The van der Waals surface area contributed by atoms with Crippen LogP contribution in [0.15, 0.2) is 36.4 Å². The summed E-state index contributed by atoms with van der Waals surface area (Å²) in [5.41, 5.74) is 2.42. The molecule has 7 heteroatoms. The molecule has 0 saturated heterocycles. The first-order chi connectivity index (χ1) is 13.4. The van der Waals surface area contributed by atoms with Crippen LogP contribution in [0.25, 0.3) is 0 Å². The third-order valence-corrected chi connectivity index (χ3v) is 4.63. The summed E-state index contributed by atoms with van der Waals surface area (Å²) in [6, 6.07) is 9.51. The van der Waals surface area contributed by atoms with Gasteiger partial charge in [0.15, 0.2) is 0 Å². The largest absolute Gasteiger partial charge is 0.496 e. The van der Waals surface area contributed by atoms with Gasteiger partial charge in [-0.15, -0.1) is 0 Å². The Morgan fingerprint density at radius 3 is 2.75 bits per heavy atom. The van der Waals surface area contributed by atoms with Crippen molar-refractivity contribution < 1.29 is 28.2 Å². The van der Waals surface area contributed by atoms with Crippen molar-refractivity contribution in [2.45, 2.75) is 32.5 Å². The number of benzene rings is 2. The number of esters is 1. The van der Waals surface area contributed by atoms with Crippen LogP contribution in [0.2, 0.25) is 0 Å². The van der Waals surface area contributed by atoms with Crippen molar-refractivity contribution in [2.75, 3.05) is 19.0 Å². The Bertz CT molecular complexity index is 898. The highest BCUT2D eigenvalue weighted by atomic mass is 19.1. The van der Waals surface area contributed by atoms with Gasteiger partial charge < -0.3 is 19.5 Å². The fraction of sp³-hybridized carbons (Fsp3) is 0.333. The average Bonchev–Trinajstić information content (AvgIpc) is 2.79. The zero-order valence-corrected chi connectivity index (χ0v) is 16.0. The number of halogens is 1. The molecule has 0 bridgehead atoms. The predicted octanol–water partition coefficient (Wildman–Crippen LogP) is 3.52. The lowest BCUT2D eigenvalue weighted by atomic mass is 9.95. The fourth-order valence-electron chi connectivity index (χ4n) is 3.27. The Labute approximate surface area is 162 Å². The van der Waals surface area contributed by atoms with Gasteiger partial charge in [-0.3, -0.25) is 9.59 Å². The molecule has 148 valence electrons. The molecule has 3 rings (SSSR count). The van der Waals surface area contributed by atoms with Gasteiger partial charge in [-0.2, -0.15) is 0 Å². The molecule has 28 heavy (non-hydrogen) atoms. The predicted molar refractivity (Wildman–Crippen MR) is 101 cm³/mol. The maximum absolute atomic E-state index is 14.0. The number of methoxy groups -OCH3 is 1. The molecule has 1 aliphatic heterocycles. The normalized spacial score (nSPS) is 18.6. The smallest absolute Gasteiger partial charge is 0.308 e. The van der Waals surface area contributed by atoms with Crippen LogP contribution in [0.3, 0.4) is 0 Å². The van der Waals surface area contributed by atoms with Crippen LogP contribution >= 0.6 is 0 Å². The number of amides is 1. The first kappa shape index (κ1) is 19.8. The van der Waals surface area contributed by atoms with Crippen molar-refractivity contribution in [3.63, 3.8) is 0 Å². The Balaban J connectivity index is 2.08. The molecule has 1 aliphatic rings. The van der Waals surface area contributed by atoms with Gasteiger partial charge in [0.25, 0.3) is 5.91 Å². The van der Waals surface area contributed by atoms with Crippen LogP contribution < -0.4 is 10.1 Å². The number of fused-ring (bicyclic) bond motifs is 1. The average molecular weight is 387 g/mol. The molecule has 1 N–H and O–H groups in total. The third-order valence-electron chi connectivity index (χ3n) is 4.63. The number of nitrogens with one attached hydrogen (secondary N) is 1. The Morgan fingerprint density at radius 1 is 1.25 bits per heavy atom.